The number of amides is 1. The first kappa shape index (κ1) is 23.7. The zero-order valence-corrected chi connectivity index (χ0v) is 21.0. The van der Waals surface area contributed by atoms with E-state index < -0.39 is 0 Å². The second kappa shape index (κ2) is 9.44. The summed E-state index contributed by atoms with van der Waals surface area (Å²) in [7, 11) is 0. The molecule has 9 atom stereocenters. The van der Waals surface area contributed by atoms with E-state index in [0.717, 1.165) is 54.8 Å². The van der Waals surface area contributed by atoms with Gasteiger partial charge in [0.1, 0.15) is 0 Å². The van der Waals surface area contributed by atoms with E-state index in [4.69, 9.17) is 4.74 Å². The Hall–Kier alpha value is -0.420. The third kappa shape index (κ3) is 4.27. The number of carbonyl (C=O) groups excluding carboxylic acids is 1. The van der Waals surface area contributed by atoms with Crippen LogP contribution in [0.1, 0.15) is 91.4 Å². The van der Waals surface area contributed by atoms with Crippen LogP contribution in [0.15, 0.2) is 0 Å². The maximum Gasteiger partial charge on any atom is 0.417 e. The fraction of sp³-hybridized carbons (Fsp3) is 0.962. The minimum atomic E-state index is -0.309. The summed E-state index contributed by atoms with van der Waals surface area (Å²) in [5.74, 6) is 4.93. The molecule has 0 spiro atoms. The highest BCUT2D eigenvalue weighted by atomic mass is 32.2. The second-order valence-electron chi connectivity index (χ2n) is 11.7. The average Bonchev–Trinajstić information content (AvgIpc) is 3.08. The smallest absolute Gasteiger partial charge is 0.417 e. The lowest BCUT2D eigenvalue weighted by atomic mass is 9.42. The van der Waals surface area contributed by atoms with Gasteiger partial charge in [0.05, 0.1) is 12.7 Å². The van der Waals surface area contributed by atoms with Crippen LogP contribution < -0.4 is 4.72 Å². The molecule has 0 aliphatic heterocycles. The molecule has 0 aromatic carbocycles. The van der Waals surface area contributed by atoms with Crippen molar-refractivity contribution in [2.24, 2.45) is 46.3 Å². The Morgan fingerprint density at radius 1 is 1.06 bits per heavy atom. The van der Waals surface area contributed by atoms with E-state index in [0.29, 0.717) is 17.4 Å². The molecule has 4 nitrogen and oxygen atoms in total. The minimum Gasteiger partial charge on any atom is -0.449 e. The lowest BCUT2D eigenvalue weighted by molar-refractivity contribution is -0.150. The Kier molecular flexibility index (Phi) is 7.23. The number of carbonyl (C=O) groups is 1. The minimum absolute atomic E-state index is 0.0615. The third-order valence-corrected chi connectivity index (χ3v) is 11.0. The zero-order valence-electron chi connectivity index (χ0n) is 20.2. The first-order chi connectivity index (χ1) is 14.8. The number of hydrogen-bond donors (Lipinski definition) is 2. The Morgan fingerprint density at radius 2 is 1.81 bits per heavy atom. The molecule has 5 heteroatoms. The van der Waals surface area contributed by atoms with Crippen molar-refractivity contribution in [1.29, 1.82) is 0 Å². The molecule has 0 radical (unpaired) electrons. The Balaban J connectivity index is 1.42. The van der Waals surface area contributed by atoms with Crippen LogP contribution in [0.3, 0.4) is 0 Å². The van der Waals surface area contributed by atoms with Crippen LogP contribution in [0.4, 0.5) is 4.79 Å². The maximum absolute atomic E-state index is 11.5. The van der Waals surface area contributed by atoms with Gasteiger partial charge in [-0.3, -0.25) is 4.72 Å². The van der Waals surface area contributed by atoms with Crippen molar-refractivity contribution < 1.29 is 14.6 Å². The highest BCUT2D eigenvalue weighted by Crippen LogP contribution is 2.69. The molecule has 4 rings (SSSR count). The first-order valence-electron chi connectivity index (χ1n) is 13.0. The van der Waals surface area contributed by atoms with Gasteiger partial charge < -0.3 is 9.84 Å². The highest BCUT2D eigenvalue weighted by Gasteiger charge is 2.61. The van der Waals surface area contributed by atoms with E-state index in [9.17, 15) is 9.90 Å². The number of rotatable bonds is 6. The number of aliphatic hydroxyl groups is 1. The van der Waals surface area contributed by atoms with Crippen LogP contribution >= 0.6 is 11.9 Å². The molecule has 0 heterocycles. The average molecular weight is 452 g/mol. The van der Waals surface area contributed by atoms with E-state index in [-0.39, 0.29) is 12.2 Å². The lowest BCUT2D eigenvalue weighted by Gasteiger charge is -2.63. The van der Waals surface area contributed by atoms with E-state index in [1.165, 1.54) is 63.3 Å². The number of aliphatic hydroxyl groups excluding tert-OH is 1. The van der Waals surface area contributed by atoms with Crippen LogP contribution in [0.25, 0.3) is 0 Å². The molecule has 31 heavy (non-hydrogen) atoms. The summed E-state index contributed by atoms with van der Waals surface area (Å²) in [5.41, 5.74) is 0.916. The molecule has 0 aromatic rings. The fourth-order valence-corrected chi connectivity index (χ4v) is 9.35. The van der Waals surface area contributed by atoms with Crippen molar-refractivity contribution in [2.75, 3.05) is 12.9 Å². The van der Waals surface area contributed by atoms with Gasteiger partial charge in [0.2, 0.25) is 0 Å². The molecule has 4 aliphatic carbocycles. The van der Waals surface area contributed by atoms with Crippen LogP contribution in [0.2, 0.25) is 0 Å². The number of ether oxygens (including phenoxy) is 1. The van der Waals surface area contributed by atoms with E-state index in [1.807, 2.05) is 6.26 Å². The summed E-state index contributed by atoms with van der Waals surface area (Å²) in [5, 5.41) is 10.4. The fourth-order valence-electron chi connectivity index (χ4n) is 9.12. The van der Waals surface area contributed by atoms with Gasteiger partial charge in [-0.2, -0.15) is 0 Å². The molecule has 4 aliphatic rings. The molecule has 2 N–H and O–H groups in total. The van der Waals surface area contributed by atoms with Crippen molar-refractivity contribution in [1.82, 2.24) is 4.72 Å². The number of fused-ring (bicyclic) bond motifs is 5. The van der Waals surface area contributed by atoms with Gasteiger partial charge in [-0.1, -0.05) is 39.1 Å². The van der Waals surface area contributed by atoms with Gasteiger partial charge in [0, 0.05) is 6.26 Å². The largest absolute Gasteiger partial charge is 0.449 e. The lowest BCUT2D eigenvalue weighted by Crippen LogP contribution is -2.56. The summed E-state index contributed by atoms with van der Waals surface area (Å²) >= 11 is 1.29. The van der Waals surface area contributed by atoms with Gasteiger partial charge in [0.25, 0.3) is 0 Å². The first-order valence-corrected chi connectivity index (χ1v) is 14.2. The normalized spacial score (nSPS) is 46.5. The number of hydrogen-bond acceptors (Lipinski definition) is 4. The SMILES string of the molecule is CC[C@H]1CC2C3CC[C@H](CCCOC(=O)NSC)C3(C)CC[C@@H]2C2(C)CC[C@@H](O)CC12. The van der Waals surface area contributed by atoms with Crippen LogP contribution in [-0.2, 0) is 4.74 Å². The quantitative estimate of drug-likeness (QED) is 0.361. The molecule has 178 valence electrons. The molecule has 4 saturated carbocycles. The van der Waals surface area contributed by atoms with Gasteiger partial charge in [-0.25, -0.2) is 4.79 Å². The summed E-state index contributed by atoms with van der Waals surface area (Å²) in [6, 6.07) is 0. The van der Waals surface area contributed by atoms with Crippen molar-refractivity contribution in [3.63, 3.8) is 0 Å². The van der Waals surface area contributed by atoms with Gasteiger partial charge in [-0.15, -0.1) is 0 Å². The standard InChI is InChI=1S/C26H45NO3S/c1-5-17-15-20-21-9-8-18(7-6-14-30-24(29)27-31-4)25(21,2)13-11-22(20)26(3)12-10-19(28)16-23(17)26/h17-23,28H,5-16H2,1-4H3,(H,27,29)/t17-,18-,19+,20?,21?,22-,23?,25?,26?/m0/s1. The van der Waals surface area contributed by atoms with Gasteiger partial charge >= 0.3 is 6.09 Å². The van der Waals surface area contributed by atoms with Crippen LogP contribution in [0, 0.1) is 46.3 Å². The van der Waals surface area contributed by atoms with Crippen molar-refractivity contribution in [2.45, 2.75) is 97.5 Å². The Bertz CT molecular complexity index is 644. The summed E-state index contributed by atoms with van der Waals surface area (Å²) < 4.78 is 7.95. The van der Waals surface area contributed by atoms with Crippen LogP contribution in [0.5, 0.6) is 0 Å². The number of nitrogens with one attached hydrogen (secondary N) is 1. The van der Waals surface area contributed by atoms with Gasteiger partial charge in [-0.05, 0) is 111 Å². The summed E-state index contributed by atoms with van der Waals surface area (Å²) in [4.78, 5) is 11.5. The van der Waals surface area contributed by atoms with Crippen molar-refractivity contribution in [3.05, 3.63) is 0 Å². The highest BCUT2D eigenvalue weighted by molar-refractivity contribution is 7.97. The van der Waals surface area contributed by atoms with Gasteiger partial charge in [0.15, 0.2) is 0 Å². The molecule has 0 saturated heterocycles. The topological polar surface area (TPSA) is 58.6 Å². The molecule has 5 unspecified atom stereocenters. The molecule has 1 amide bonds. The van der Waals surface area contributed by atoms with E-state index >= 15 is 0 Å². The molecular weight excluding hydrogens is 406 g/mol. The summed E-state index contributed by atoms with van der Waals surface area (Å²) in [6.45, 7) is 8.14. The third-order valence-electron chi connectivity index (χ3n) is 10.7. The molecule has 0 aromatic heterocycles. The predicted octanol–water partition coefficient (Wildman–Crippen LogP) is 6.43. The molecule has 0 bridgehead atoms. The van der Waals surface area contributed by atoms with E-state index in [1.54, 1.807) is 0 Å². The molecule has 4 fully saturated rings. The summed E-state index contributed by atoms with van der Waals surface area (Å²) in [6.07, 6.45) is 15.1. The predicted molar refractivity (Wildman–Crippen MR) is 128 cm³/mol. The monoisotopic (exact) mass is 451 g/mol. The maximum atomic E-state index is 11.5. The van der Waals surface area contributed by atoms with Crippen molar-refractivity contribution >= 4 is 18.0 Å². The molecular formula is C26H45NO3S. The zero-order chi connectivity index (χ0) is 22.2. The Morgan fingerprint density at radius 3 is 2.55 bits per heavy atom. The second-order valence-corrected chi connectivity index (χ2v) is 12.3. The van der Waals surface area contributed by atoms with Crippen LogP contribution in [-0.4, -0.2) is 30.2 Å². The van der Waals surface area contributed by atoms with Crippen molar-refractivity contribution in [3.8, 4) is 0 Å². The van der Waals surface area contributed by atoms with E-state index in [2.05, 4.69) is 25.5 Å². The Labute approximate surface area is 194 Å².